The lowest BCUT2D eigenvalue weighted by Crippen LogP contribution is -2.57. The molecule has 39 heavy (non-hydrogen) atoms. The number of nitrogens with one attached hydrogen (secondary N) is 4. The van der Waals surface area contributed by atoms with Gasteiger partial charge in [-0.2, -0.15) is 0 Å². The van der Waals surface area contributed by atoms with E-state index < -0.39 is 53.7 Å². The Bertz CT molecular complexity index is 1150. The number of ether oxygens (including phenoxy) is 1. The standard InChI is InChI=1S/C28H41N5O6/c1-28(2,3)24(27(37)29-4)31-25(35)21(16-18-11-12-19-9-7-8-10-20(19)15-18)23(26(36)32-38)39-17-22(34)30-13-14-33(5)6/h7-12,15,21,23-24,38H,13-14,16-17H2,1-6H3,(H,29,37)(H,30,34)(H,31,35)(H,32,36)/t21-,23+,24-/m1/s1. The van der Waals surface area contributed by atoms with Crippen molar-refractivity contribution >= 4 is 34.4 Å². The van der Waals surface area contributed by atoms with Crippen LogP contribution in [0, 0.1) is 11.3 Å². The van der Waals surface area contributed by atoms with Crippen LogP contribution in [0.25, 0.3) is 10.8 Å². The summed E-state index contributed by atoms with van der Waals surface area (Å²) in [6.45, 7) is 5.87. The summed E-state index contributed by atoms with van der Waals surface area (Å²) in [7, 11) is 5.20. The fourth-order valence-corrected chi connectivity index (χ4v) is 4.10. The highest BCUT2D eigenvalue weighted by Gasteiger charge is 2.39. The molecule has 4 amide bonds. The van der Waals surface area contributed by atoms with E-state index in [1.807, 2.05) is 61.5 Å². The molecule has 0 unspecified atom stereocenters. The zero-order valence-electron chi connectivity index (χ0n) is 23.5. The largest absolute Gasteiger partial charge is 0.358 e. The van der Waals surface area contributed by atoms with Crippen molar-refractivity contribution in [2.75, 3.05) is 40.8 Å². The third-order valence-corrected chi connectivity index (χ3v) is 6.28. The Morgan fingerprint density at radius 1 is 0.974 bits per heavy atom. The molecule has 0 heterocycles. The maximum Gasteiger partial charge on any atom is 0.273 e. The molecule has 11 nitrogen and oxygen atoms in total. The molecule has 0 aliphatic rings. The van der Waals surface area contributed by atoms with Crippen LogP contribution >= 0.6 is 0 Å². The Morgan fingerprint density at radius 3 is 2.23 bits per heavy atom. The van der Waals surface area contributed by atoms with Crippen LogP contribution in [0.5, 0.6) is 0 Å². The molecule has 0 bridgehead atoms. The first-order valence-electron chi connectivity index (χ1n) is 12.8. The molecule has 2 aromatic carbocycles. The molecule has 0 aliphatic carbocycles. The molecule has 0 aromatic heterocycles. The van der Waals surface area contributed by atoms with Crippen LogP contribution in [-0.4, -0.2) is 86.7 Å². The fourth-order valence-electron chi connectivity index (χ4n) is 4.10. The normalized spacial score (nSPS) is 13.8. The lowest BCUT2D eigenvalue weighted by atomic mass is 9.84. The number of amides is 4. The van der Waals surface area contributed by atoms with Gasteiger partial charge in [0.25, 0.3) is 5.91 Å². The fraction of sp³-hybridized carbons (Fsp3) is 0.500. The molecule has 0 saturated carbocycles. The Hall–Kier alpha value is -3.54. The van der Waals surface area contributed by atoms with E-state index in [1.165, 1.54) is 7.05 Å². The number of nitrogens with zero attached hydrogens (tertiary/aromatic N) is 1. The maximum atomic E-state index is 13.7. The SMILES string of the molecule is CNC(=O)[C@@H](NC(=O)[C@H](Cc1ccc2ccccc2c1)[C@H](OCC(=O)NCCN(C)C)C(=O)NO)C(C)(C)C. The molecule has 0 spiro atoms. The lowest BCUT2D eigenvalue weighted by Gasteiger charge is -2.32. The summed E-state index contributed by atoms with van der Waals surface area (Å²) in [5.74, 6) is -3.67. The maximum absolute atomic E-state index is 13.7. The molecule has 2 aromatic rings. The highest BCUT2D eigenvalue weighted by atomic mass is 16.5. The molecule has 11 heteroatoms. The summed E-state index contributed by atoms with van der Waals surface area (Å²) in [4.78, 5) is 53.3. The van der Waals surface area contributed by atoms with Gasteiger partial charge < -0.3 is 25.6 Å². The van der Waals surface area contributed by atoms with Gasteiger partial charge in [-0.25, -0.2) is 5.48 Å². The number of carbonyl (C=O) groups excluding carboxylic acids is 4. The molecule has 0 fully saturated rings. The van der Waals surface area contributed by atoms with Crippen molar-refractivity contribution in [3.63, 3.8) is 0 Å². The van der Waals surface area contributed by atoms with E-state index in [2.05, 4.69) is 16.0 Å². The number of benzene rings is 2. The second-order valence-corrected chi connectivity index (χ2v) is 10.8. The first-order valence-corrected chi connectivity index (χ1v) is 12.8. The van der Waals surface area contributed by atoms with Crippen LogP contribution in [0.3, 0.4) is 0 Å². The van der Waals surface area contributed by atoms with Gasteiger partial charge in [-0.15, -0.1) is 0 Å². The number of likely N-dealkylation sites (N-methyl/N-ethyl adjacent to an activating group) is 2. The van der Waals surface area contributed by atoms with Gasteiger partial charge in [-0.05, 0) is 42.3 Å². The summed E-state index contributed by atoms with van der Waals surface area (Å²) in [5, 5.41) is 19.4. The monoisotopic (exact) mass is 543 g/mol. The van der Waals surface area contributed by atoms with Crippen LogP contribution in [-0.2, 0) is 30.3 Å². The molecule has 5 N–H and O–H groups in total. The Morgan fingerprint density at radius 2 is 1.64 bits per heavy atom. The quantitative estimate of drug-likeness (QED) is 0.186. The van der Waals surface area contributed by atoms with Crippen LogP contribution < -0.4 is 21.4 Å². The van der Waals surface area contributed by atoms with Crippen molar-refractivity contribution in [3.8, 4) is 0 Å². The van der Waals surface area contributed by atoms with Crippen molar-refractivity contribution < 1.29 is 29.1 Å². The molecule has 0 aliphatic heterocycles. The zero-order valence-corrected chi connectivity index (χ0v) is 23.5. The van der Waals surface area contributed by atoms with Gasteiger partial charge in [0.1, 0.15) is 12.6 Å². The molecule has 3 atom stereocenters. The minimum absolute atomic E-state index is 0.0433. The Labute approximate surface area is 229 Å². The number of hydroxylamine groups is 1. The summed E-state index contributed by atoms with van der Waals surface area (Å²) < 4.78 is 5.65. The third-order valence-electron chi connectivity index (χ3n) is 6.28. The van der Waals surface area contributed by atoms with E-state index in [0.717, 1.165) is 16.3 Å². The first kappa shape index (κ1) is 31.7. The Kier molecular flexibility index (Phi) is 11.8. The molecule has 214 valence electrons. The predicted octanol–water partition coefficient (Wildman–Crippen LogP) is 0.844. The highest BCUT2D eigenvalue weighted by molar-refractivity contribution is 5.93. The van der Waals surface area contributed by atoms with E-state index in [-0.39, 0.29) is 6.42 Å². The number of hydrogen-bond acceptors (Lipinski definition) is 7. The summed E-state index contributed by atoms with van der Waals surface area (Å²) in [6.07, 6.45) is -1.48. The average molecular weight is 544 g/mol. The van der Waals surface area contributed by atoms with Gasteiger partial charge in [-0.3, -0.25) is 24.4 Å². The van der Waals surface area contributed by atoms with Gasteiger partial charge in [0.05, 0.1) is 5.92 Å². The highest BCUT2D eigenvalue weighted by Crippen LogP contribution is 2.24. The van der Waals surface area contributed by atoms with E-state index in [9.17, 15) is 24.4 Å². The van der Waals surface area contributed by atoms with Crippen molar-refractivity contribution in [1.29, 1.82) is 0 Å². The molecule has 0 radical (unpaired) electrons. The van der Waals surface area contributed by atoms with Gasteiger partial charge in [0.15, 0.2) is 6.10 Å². The van der Waals surface area contributed by atoms with Crippen molar-refractivity contribution in [2.45, 2.75) is 39.3 Å². The van der Waals surface area contributed by atoms with Gasteiger partial charge >= 0.3 is 0 Å². The lowest BCUT2D eigenvalue weighted by molar-refractivity contribution is -0.153. The van der Waals surface area contributed by atoms with Crippen LogP contribution in [0.2, 0.25) is 0 Å². The first-order chi connectivity index (χ1) is 18.4. The summed E-state index contributed by atoms with van der Waals surface area (Å²) >= 11 is 0. The van der Waals surface area contributed by atoms with Crippen LogP contribution in [0.4, 0.5) is 0 Å². The second kappa shape index (κ2) is 14.6. The molecular formula is C28H41N5O6. The van der Waals surface area contributed by atoms with Gasteiger partial charge in [0, 0.05) is 20.1 Å². The smallest absolute Gasteiger partial charge is 0.273 e. The number of rotatable bonds is 13. The van der Waals surface area contributed by atoms with Gasteiger partial charge in [0.2, 0.25) is 17.7 Å². The van der Waals surface area contributed by atoms with Crippen molar-refractivity contribution in [3.05, 3.63) is 48.0 Å². The summed E-state index contributed by atoms with van der Waals surface area (Å²) in [6, 6.07) is 12.4. The van der Waals surface area contributed by atoms with E-state index in [4.69, 9.17) is 4.74 Å². The zero-order chi connectivity index (χ0) is 29.2. The van der Waals surface area contributed by atoms with Crippen LogP contribution in [0.1, 0.15) is 26.3 Å². The molecule has 0 saturated heterocycles. The van der Waals surface area contributed by atoms with Crippen molar-refractivity contribution in [2.24, 2.45) is 11.3 Å². The second-order valence-electron chi connectivity index (χ2n) is 10.8. The minimum Gasteiger partial charge on any atom is -0.358 e. The predicted molar refractivity (Wildman–Crippen MR) is 148 cm³/mol. The minimum atomic E-state index is -1.52. The Balaban J connectivity index is 2.39. The number of fused-ring (bicyclic) bond motifs is 1. The molecular weight excluding hydrogens is 502 g/mol. The van der Waals surface area contributed by atoms with E-state index >= 15 is 0 Å². The molecule has 2 rings (SSSR count). The van der Waals surface area contributed by atoms with E-state index in [1.54, 1.807) is 26.3 Å². The third kappa shape index (κ3) is 9.61. The number of hydrogen-bond donors (Lipinski definition) is 5. The average Bonchev–Trinajstić information content (AvgIpc) is 2.89. The van der Waals surface area contributed by atoms with E-state index in [0.29, 0.717) is 13.1 Å². The van der Waals surface area contributed by atoms with Crippen LogP contribution in [0.15, 0.2) is 42.5 Å². The number of carbonyl (C=O) groups is 4. The van der Waals surface area contributed by atoms with Crippen molar-refractivity contribution in [1.82, 2.24) is 26.3 Å². The van der Waals surface area contributed by atoms with Gasteiger partial charge in [-0.1, -0.05) is 63.2 Å². The summed E-state index contributed by atoms with van der Waals surface area (Å²) in [5.41, 5.74) is 1.64. The topological polar surface area (TPSA) is 149 Å².